The molecule has 0 bridgehead atoms. The van der Waals surface area contributed by atoms with Crippen LogP contribution < -0.4 is 0 Å². The fourth-order valence-corrected chi connectivity index (χ4v) is 2.70. The highest BCUT2D eigenvalue weighted by Crippen LogP contribution is 2.29. The zero-order valence-corrected chi connectivity index (χ0v) is 11.7. The van der Waals surface area contributed by atoms with Crippen molar-refractivity contribution in [1.82, 2.24) is 15.0 Å². The third kappa shape index (κ3) is 2.08. The van der Waals surface area contributed by atoms with Gasteiger partial charge in [0.05, 0.1) is 5.52 Å². The van der Waals surface area contributed by atoms with E-state index < -0.39 is 0 Å². The lowest BCUT2D eigenvalue weighted by Crippen LogP contribution is -2.00. The van der Waals surface area contributed by atoms with Crippen LogP contribution in [0.5, 0.6) is 0 Å². The third-order valence-corrected chi connectivity index (χ3v) is 3.84. The van der Waals surface area contributed by atoms with Crippen LogP contribution in [0.1, 0.15) is 29.7 Å². The van der Waals surface area contributed by atoms with E-state index in [1.54, 1.807) is 0 Å². The summed E-state index contributed by atoms with van der Waals surface area (Å²) in [5.74, 6) is 0.263. The number of H-pyrrole nitrogens is 2. The van der Waals surface area contributed by atoms with E-state index in [9.17, 15) is 0 Å². The summed E-state index contributed by atoms with van der Waals surface area (Å²) in [4.78, 5) is 10.7. The molecule has 1 unspecified atom stereocenters. The standard InChI is InChI=1S/C15H15N3S/c1-9(13-8-17-15(19)18-13)12-6-5-11-4-3-7-16-14(11)10(12)2/h3-9H,1-2H3,(H2,17,18,19). The Morgan fingerprint density at radius 1 is 1.26 bits per heavy atom. The van der Waals surface area contributed by atoms with E-state index in [4.69, 9.17) is 12.2 Å². The summed E-state index contributed by atoms with van der Waals surface area (Å²) >= 11 is 5.09. The van der Waals surface area contributed by atoms with Gasteiger partial charge in [-0.3, -0.25) is 4.98 Å². The first-order valence-corrected chi connectivity index (χ1v) is 6.69. The van der Waals surface area contributed by atoms with Crippen molar-refractivity contribution < 1.29 is 0 Å². The van der Waals surface area contributed by atoms with Crippen LogP contribution in [0.4, 0.5) is 0 Å². The molecule has 0 radical (unpaired) electrons. The SMILES string of the molecule is Cc1c(C(C)c2c[nH]c(=S)[nH]2)ccc2cccnc12. The van der Waals surface area contributed by atoms with Crippen LogP contribution in [0, 0.1) is 11.7 Å². The van der Waals surface area contributed by atoms with Gasteiger partial charge in [-0.1, -0.05) is 25.1 Å². The molecule has 4 heteroatoms. The number of fused-ring (bicyclic) bond motifs is 1. The fraction of sp³-hybridized carbons (Fsp3) is 0.200. The number of benzene rings is 1. The Balaban J connectivity index is 2.15. The van der Waals surface area contributed by atoms with Gasteiger partial charge in [0.1, 0.15) is 0 Å². The molecule has 0 spiro atoms. The smallest absolute Gasteiger partial charge is 0.174 e. The summed E-state index contributed by atoms with van der Waals surface area (Å²) in [7, 11) is 0. The van der Waals surface area contributed by atoms with Gasteiger partial charge in [0.15, 0.2) is 4.77 Å². The molecule has 19 heavy (non-hydrogen) atoms. The van der Waals surface area contributed by atoms with Crippen molar-refractivity contribution >= 4 is 23.1 Å². The van der Waals surface area contributed by atoms with Crippen LogP contribution in [0.3, 0.4) is 0 Å². The van der Waals surface area contributed by atoms with Gasteiger partial charge in [-0.25, -0.2) is 0 Å². The Bertz CT molecular complexity index is 785. The number of nitrogens with one attached hydrogen (secondary N) is 2. The van der Waals surface area contributed by atoms with Gasteiger partial charge >= 0.3 is 0 Å². The molecule has 0 aliphatic heterocycles. The van der Waals surface area contributed by atoms with E-state index in [1.165, 1.54) is 16.5 Å². The van der Waals surface area contributed by atoms with E-state index in [-0.39, 0.29) is 5.92 Å². The molecule has 0 saturated carbocycles. The summed E-state index contributed by atoms with van der Waals surface area (Å²) in [5, 5.41) is 1.18. The van der Waals surface area contributed by atoms with Crippen molar-refractivity contribution in [2.75, 3.05) is 0 Å². The molecule has 2 heterocycles. The lowest BCUT2D eigenvalue weighted by Gasteiger charge is -2.14. The summed E-state index contributed by atoms with van der Waals surface area (Å²) < 4.78 is 0.665. The minimum atomic E-state index is 0.263. The van der Waals surface area contributed by atoms with Crippen LogP contribution in [-0.2, 0) is 0 Å². The van der Waals surface area contributed by atoms with Crippen molar-refractivity contribution in [3.8, 4) is 0 Å². The van der Waals surface area contributed by atoms with Crippen molar-refractivity contribution in [2.45, 2.75) is 19.8 Å². The van der Waals surface area contributed by atoms with Gasteiger partial charge in [-0.05, 0) is 36.3 Å². The number of hydrogen-bond acceptors (Lipinski definition) is 2. The van der Waals surface area contributed by atoms with Crippen LogP contribution >= 0.6 is 12.2 Å². The lowest BCUT2D eigenvalue weighted by molar-refractivity contribution is 0.874. The van der Waals surface area contributed by atoms with Crippen LogP contribution in [0.2, 0.25) is 0 Å². The molecule has 3 aromatic rings. The quantitative estimate of drug-likeness (QED) is 0.688. The van der Waals surface area contributed by atoms with Gasteiger partial charge in [-0.15, -0.1) is 0 Å². The molecule has 0 aliphatic carbocycles. The highest BCUT2D eigenvalue weighted by atomic mass is 32.1. The number of aryl methyl sites for hydroxylation is 1. The highest BCUT2D eigenvalue weighted by molar-refractivity contribution is 7.71. The maximum absolute atomic E-state index is 5.09. The zero-order chi connectivity index (χ0) is 13.4. The molecule has 1 atom stereocenters. The monoisotopic (exact) mass is 269 g/mol. The summed E-state index contributed by atoms with van der Waals surface area (Å²) in [5.41, 5.74) is 4.67. The maximum Gasteiger partial charge on any atom is 0.174 e. The number of imidazole rings is 1. The molecule has 0 saturated heterocycles. The molecular weight excluding hydrogens is 254 g/mol. The number of hydrogen-bond donors (Lipinski definition) is 2. The Morgan fingerprint density at radius 2 is 2.11 bits per heavy atom. The second-order valence-electron chi connectivity index (χ2n) is 4.77. The molecule has 96 valence electrons. The van der Waals surface area contributed by atoms with Crippen LogP contribution in [0.25, 0.3) is 10.9 Å². The predicted octanol–water partition coefficient (Wildman–Crippen LogP) is 4.08. The number of aromatic amines is 2. The summed E-state index contributed by atoms with van der Waals surface area (Å²) in [6.45, 7) is 4.30. The molecular formula is C15H15N3S. The fourth-order valence-electron chi connectivity index (χ4n) is 2.52. The van der Waals surface area contributed by atoms with E-state index in [2.05, 4.69) is 47.0 Å². The minimum Gasteiger partial charge on any atom is -0.337 e. The van der Waals surface area contributed by atoms with Crippen LogP contribution in [0.15, 0.2) is 36.7 Å². The highest BCUT2D eigenvalue weighted by Gasteiger charge is 2.14. The molecule has 1 aromatic carbocycles. The van der Waals surface area contributed by atoms with Gasteiger partial charge in [0.2, 0.25) is 0 Å². The van der Waals surface area contributed by atoms with E-state index >= 15 is 0 Å². The van der Waals surface area contributed by atoms with Gasteiger partial charge in [0, 0.05) is 29.4 Å². The molecule has 0 aliphatic rings. The molecule has 3 nitrogen and oxygen atoms in total. The minimum absolute atomic E-state index is 0.263. The predicted molar refractivity (Wildman–Crippen MR) is 80.0 cm³/mol. The largest absolute Gasteiger partial charge is 0.337 e. The Hall–Kier alpha value is -1.94. The molecule has 3 rings (SSSR count). The van der Waals surface area contributed by atoms with Crippen molar-refractivity contribution in [3.05, 3.63) is 58.3 Å². The molecule has 0 amide bonds. The van der Waals surface area contributed by atoms with Gasteiger partial charge in [-0.2, -0.15) is 0 Å². The third-order valence-electron chi connectivity index (χ3n) is 3.62. The number of pyridine rings is 1. The second-order valence-corrected chi connectivity index (χ2v) is 5.18. The first-order valence-electron chi connectivity index (χ1n) is 6.28. The van der Waals surface area contributed by atoms with Crippen LogP contribution in [-0.4, -0.2) is 15.0 Å². The topological polar surface area (TPSA) is 44.5 Å². The zero-order valence-electron chi connectivity index (χ0n) is 10.9. The number of rotatable bonds is 2. The summed E-state index contributed by atoms with van der Waals surface area (Å²) in [6, 6.07) is 8.36. The Kier molecular flexibility index (Phi) is 2.95. The first-order chi connectivity index (χ1) is 9.16. The molecule has 2 aromatic heterocycles. The van der Waals surface area contributed by atoms with E-state index in [0.29, 0.717) is 4.77 Å². The molecule has 0 fully saturated rings. The van der Waals surface area contributed by atoms with E-state index in [0.717, 1.165) is 11.2 Å². The van der Waals surface area contributed by atoms with E-state index in [1.807, 2.05) is 18.5 Å². The first kappa shape index (κ1) is 12.1. The number of nitrogens with zero attached hydrogens (tertiary/aromatic N) is 1. The normalized spacial score (nSPS) is 12.7. The Morgan fingerprint density at radius 3 is 2.84 bits per heavy atom. The molecule has 2 N–H and O–H groups in total. The average molecular weight is 269 g/mol. The maximum atomic E-state index is 5.09. The van der Waals surface area contributed by atoms with Gasteiger partial charge in [0.25, 0.3) is 0 Å². The van der Waals surface area contributed by atoms with Crippen molar-refractivity contribution in [1.29, 1.82) is 0 Å². The Labute approximate surface area is 116 Å². The summed E-state index contributed by atoms with van der Waals surface area (Å²) in [6.07, 6.45) is 3.78. The number of aromatic nitrogens is 3. The van der Waals surface area contributed by atoms with Crippen molar-refractivity contribution in [2.24, 2.45) is 0 Å². The average Bonchev–Trinajstić information content (AvgIpc) is 2.85. The van der Waals surface area contributed by atoms with Gasteiger partial charge < -0.3 is 9.97 Å². The van der Waals surface area contributed by atoms with Crippen molar-refractivity contribution in [3.63, 3.8) is 0 Å². The second kappa shape index (κ2) is 4.63. The lowest BCUT2D eigenvalue weighted by atomic mass is 9.92.